The zero-order chi connectivity index (χ0) is 11.4. The summed E-state index contributed by atoms with van der Waals surface area (Å²) >= 11 is 0. The quantitative estimate of drug-likeness (QED) is 0.688. The largest absolute Gasteiger partial charge is 0.377 e. The van der Waals surface area contributed by atoms with E-state index in [1.54, 1.807) is 0 Å². The number of likely N-dealkylation sites (N-methyl/N-ethyl adjacent to an activating group) is 1. The Morgan fingerprint density at radius 1 is 1.50 bits per heavy atom. The van der Waals surface area contributed by atoms with Crippen molar-refractivity contribution in [3.8, 4) is 0 Å². The Hall–Kier alpha value is -0.380. The van der Waals surface area contributed by atoms with Gasteiger partial charge in [0.2, 0.25) is 0 Å². The van der Waals surface area contributed by atoms with Gasteiger partial charge in [-0.15, -0.1) is 0 Å². The highest BCUT2D eigenvalue weighted by Crippen LogP contribution is 2.34. The minimum absolute atomic E-state index is 0.713. The van der Waals surface area contributed by atoms with Gasteiger partial charge in [-0.05, 0) is 44.8 Å². The third-order valence-corrected chi connectivity index (χ3v) is 3.52. The zero-order valence-corrected chi connectivity index (χ0v) is 10.5. The first kappa shape index (κ1) is 12.1. The van der Waals surface area contributed by atoms with Crippen molar-refractivity contribution >= 4 is 0 Å². The molecule has 0 aromatic heterocycles. The van der Waals surface area contributed by atoms with Crippen LogP contribution in [0.2, 0.25) is 0 Å². The molecule has 0 saturated heterocycles. The predicted molar refractivity (Wildman–Crippen MR) is 66.6 cm³/mol. The van der Waals surface area contributed by atoms with Gasteiger partial charge in [0, 0.05) is 19.1 Å². The summed E-state index contributed by atoms with van der Waals surface area (Å²) in [5.74, 6) is 0.930. The smallest absolute Gasteiger partial charge is 0.0689 e. The average molecular weight is 224 g/mol. The standard InChI is InChI=1S/C13H24N2O/c1-15(2)13(12-5-6-12)9-14-8-11-4-3-7-16-10-11/h4,12-14H,3,5-10H2,1-2H3. The van der Waals surface area contributed by atoms with E-state index in [4.69, 9.17) is 4.74 Å². The van der Waals surface area contributed by atoms with E-state index in [2.05, 4.69) is 30.4 Å². The molecule has 1 N–H and O–H groups in total. The molecule has 0 radical (unpaired) electrons. The summed E-state index contributed by atoms with van der Waals surface area (Å²) in [6, 6.07) is 0.713. The summed E-state index contributed by atoms with van der Waals surface area (Å²) in [5, 5.41) is 3.57. The maximum absolute atomic E-state index is 5.43. The van der Waals surface area contributed by atoms with Gasteiger partial charge in [-0.3, -0.25) is 0 Å². The van der Waals surface area contributed by atoms with Crippen molar-refractivity contribution in [2.75, 3.05) is 40.4 Å². The van der Waals surface area contributed by atoms with E-state index in [1.807, 2.05) is 0 Å². The third-order valence-electron chi connectivity index (χ3n) is 3.52. The highest BCUT2D eigenvalue weighted by atomic mass is 16.5. The second-order valence-corrected chi connectivity index (χ2v) is 5.20. The van der Waals surface area contributed by atoms with Crippen molar-refractivity contribution in [1.29, 1.82) is 0 Å². The summed E-state index contributed by atoms with van der Waals surface area (Å²) in [5.41, 5.74) is 1.42. The van der Waals surface area contributed by atoms with Crippen LogP contribution in [0, 0.1) is 5.92 Å². The van der Waals surface area contributed by atoms with Gasteiger partial charge in [-0.25, -0.2) is 0 Å². The molecule has 1 aliphatic heterocycles. The number of nitrogens with one attached hydrogen (secondary N) is 1. The van der Waals surface area contributed by atoms with E-state index in [9.17, 15) is 0 Å². The highest BCUT2D eigenvalue weighted by Gasteiger charge is 2.32. The molecule has 0 bridgehead atoms. The molecule has 1 fully saturated rings. The lowest BCUT2D eigenvalue weighted by molar-refractivity contribution is 0.148. The topological polar surface area (TPSA) is 24.5 Å². The van der Waals surface area contributed by atoms with Crippen molar-refractivity contribution in [3.63, 3.8) is 0 Å². The first-order valence-electron chi connectivity index (χ1n) is 6.40. The molecule has 0 amide bonds. The van der Waals surface area contributed by atoms with Crippen LogP contribution in [0.25, 0.3) is 0 Å². The lowest BCUT2D eigenvalue weighted by Gasteiger charge is -2.25. The van der Waals surface area contributed by atoms with Crippen LogP contribution in [0.5, 0.6) is 0 Å². The minimum Gasteiger partial charge on any atom is -0.377 e. The van der Waals surface area contributed by atoms with E-state index in [0.717, 1.165) is 38.6 Å². The van der Waals surface area contributed by atoms with Crippen LogP contribution in [0.3, 0.4) is 0 Å². The minimum atomic E-state index is 0.713. The van der Waals surface area contributed by atoms with Crippen LogP contribution >= 0.6 is 0 Å². The Balaban J connectivity index is 1.67. The average Bonchev–Trinajstić information content (AvgIpc) is 3.09. The Bertz CT molecular complexity index is 244. The maximum Gasteiger partial charge on any atom is 0.0689 e. The number of hydrogen-bond donors (Lipinski definition) is 1. The molecule has 3 nitrogen and oxygen atoms in total. The van der Waals surface area contributed by atoms with Gasteiger partial charge in [-0.2, -0.15) is 0 Å². The van der Waals surface area contributed by atoms with Gasteiger partial charge < -0.3 is 15.0 Å². The fraction of sp³-hybridized carbons (Fsp3) is 0.846. The lowest BCUT2D eigenvalue weighted by atomic mass is 10.1. The van der Waals surface area contributed by atoms with Gasteiger partial charge in [-0.1, -0.05) is 6.08 Å². The summed E-state index contributed by atoms with van der Waals surface area (Å²) in [6.07, 6.45) is 6.22. The number of nitrogens with zero attached hydrogens (tertiary/aromatic N) is 1. The van der Waals surface area contributed by atoms with Crippen molar-refractivity contribution in [2.24, 2.45) is 5.92 Å². The van der Waals surface area contributed by atoms with Crippen LogP contribution in [-0.2, 0) is 4.74 Å². The second-order valence-electron chi connectivity index (χ2n) is 5.20. The molecular formula is C13H24N2O. The van der Waals surface area contributed by atoms with Crippen molar-refractivity contribution in [3.05, 3.63) is 11.6 Å². The predicted octanol–water partition coefficient (Wildman–Crippen LogP) is 1.26. The molecule has 2 aliphatic rings. The third kappa shape index (κ3) is 3.58. The monoisotopic (exact) mass is 224 g/mol. The van der Waals surface area contributed by atoms with E-state index >= 15 is 0 Å². The van der Waals surface area contributed by atoms with Crippen molar-refractivity contribution in [1.82, 2.24) is 10.2 Å². The Morgan fingerprint density at radius 3 is 2.88 bits per heavy atom. The normalized spacial score (nSPS) is 23.3. The second kappa shape index (κ2) is 5.80. The Morgan fingerprint density at radius 2 is 2.31 bits per heavy atom. The lowest BCUT2D eigenvalue weighted by Crippen LogP contribution is -2.40. The molecular weight excluding hydrogens is 200 g/mol. The van der Waals surface area contributed by atoms with Gasteiger partial charge in [0.1, 0.15) is 0 Å². The SMILES string of the molecule is CN(C)C(CNCC1=CCCOC1)C1CC1. The molecule has 3 heteroatoms. The van der Waals surface area contributed by atoms with E-state index in [1.165, 1.54) is 18.4 Å². The molecule has 0 spiro atoms. The van der Waals surface area contributed by atoms with Gasteiger partial charge >= 0.3 is 0 Å². The maximum atomic E-state index is 5.43. The Labute approximate surface area is 98.8 Å². The number of hydrogen-bond acceptors (Lipinski definition) is 3. The van der Waals surface area contributed by atoms with Crippen LogP contribution in [-0.4, -0.2) is 51.3 Å². The summed E-state index contributed by atoms with van der Waals surface area (Å²) in [4.78, 5) is 2.36. The molecule has 1 unspecified atom stereocenters. The van der Waals surface area contributed by atoms with Crippen LogP contribution < -0.4 is 5.32 Å². The van der Waals surface area contributed by atoms with Crippen LogP contribution in [0.15, 0.2) is 11.6 Å². The molecule has 1 saturated carbocycles. The van der Waals surface area contributed by atoms with Crippen molar-refractivity contribution in [2.45, 2.75) is 25.3 Å². The molecule has 0 aromatic carbocycles. The first-order valence-corrected chi connectivity index (χ1v) is 6.40. The van der Waals surface area contributed by atoms with Gasteiger partial charge in [0.05, 0.1) is 13.2 Å². The molecule has 0 aromatic rings. The summed E-state index contributed by atoms with van der Waals surface area (Å²) < 4.78 is 5.43. The van der Waals surface area contributed by atoms with Crippen LogP contribution in [0.4, 0.5) is 0 Å². The Kier molecular flexibility index (Phi) is 4.38. The number of ether oxygens (including phenoxy) is 1. The highest BCUT2D eigenvalue weighted by molar-refractivity contribution is 5.07. The van der Waals surface area contributed by atoms with E-state index in [0.29, 0.717) is 6.04 Å². The summed E-state index contributed by atoms with van der Waals surface area (Å²) in [6.45, 7) is 3.82. The molecule has 2 rings (SSSR count). The zero-order valence-electron chi connectivity index (χ0n) is 10.5. The first-order chi connectivity index (χ1) is 7.77. The molecule has 1 aliphatic carbocycles. The van der Waals surface area contributed by atoms with E-state index in [-0.39, 0.29) is 0 Å². The number of rotatable bonds is 6. The molecule has 92 valence electrons. The van der Waals surface area contributed by atoms with Gasteiger partial charge in [0.15, 0.2) is 0 Å². The fourth-order valence-corrected chi connectivity index (χ4v) is 2.36. The summed E-state index contributed by atoms with van der Waals surface area (Å²) in [7, 11) is 4.38. The fourth-order valence-electron chi connectivity index (χ4n) is 2.36. The molecule has 1 atom stereocenters. The van der Waals surface area contributed by atoms with Crippen LogP contribution in [0.1, 0.15) is 19.3 Å². The van der Waals surface area contributed by atoms with Gasteiger partial charge in [0.25, 0.3) is 0 Å². The van der Waals surface area contributed by atoms with E-state index < -0.39 is 0 Å². The van der Waals surface area contributed by atoms with Crippen molar-refractivity contribution < 1.29 is 4.74 Å². The molecule has 1 heterocycles. The molecule has 16 heavy (non-hydrogen) atoms.